The summed E-state index contributed by atoms with van der Waals surface area (Å²) < 4.78 is 5.21. The zero-order chi connectivity index (χ0) is 11.4. The van der Waals surface area contributed by atoms with Gasteiger partial charge in [0.2, 0.25) is 0 Å². The Morgan fingerprint density at radius 3 is 2.80 bits per heavy atom. The molecule has 0 radical (unpaired) electrons. The van der Waals surface area contributed by atoms with Crippen LogP contribution >= 0.6 is 0 Å². The third kappa shape index (κ3) is 3.47. The second-order valence-corrected chi connectivity index (χ2v) is 4.29. The van der Waals surface area contributed by atoms with Crippen LogP contribution in [0, 0.1) is 5.92 Å². The van der Waals surface area contributed by atoms with Gasteiger partial charge in [0.25, 0.3) is 0 Å². The van der Waals surface area contributed by atoms with Gasteiger partial charge in [0.1, 0.15) is 6.10 Å². The van der Waals surface area contributed by atoms with Crippen molar-refractivity contribution in [3.05, 3.63) is 0 Å². The third-order valence-electron chi connectivity index (χ3n) is 3.02. The Balaban J connectivity index is 2.51. The summed E-state index contributed by atoms with van der Waals surface area (Å²) in [7, 11) is 0. The molecule has 0 bridgehead atoms. The van der Waals surface area contributed by atoms with E-state index < -0.39 is 18.1 Å². The highest BCUT2D eigenvalue weighted by molar-refractivity contribution is 5.73. The van der Waals surface area contributed by atoms with Crippen molar-refractivity contribution in [3.63, 3.8) is 0 Å². The van der Waals surface area contributed by atoms with Gasteiger partial charge in [0.15, 0.2) is 0 Å². The Labute approximate surface area is 90.2 Å². The number of carbonyl (C=O) groups is 1. The molecule has 1 aliphatic rings. The lowest BCUT2D eigenvalue weighted by molar-refractivity contribution is -0.155. The fraction of sp³-hybridized carbons (Fsp3) is 0.909. The maximum Gasteiger partial charge on any atom is 0.311 e. The minimum atomic E-state index is -0.610. The molecule has 0 aromatic heterocycles. The standard InChI is InChI=1S/C11H20O4/c1-3-8(12)6-9-4-5-10(13)7(2)11(14)15-9/h7-10,12-13H,3-6H2,1-2H3. The van der Waals surface area contributed by atoms with Crippen molar-refractivity contribution >= 4 is 5.97 Å². The van der Waals surface area contributed by atoms with E-state index >= 15 is 0 Å². The summed E-state index contributed by atoms with van der Waals surface area (Å²) in [6.07, 6.45) is 1.05. The first-order chi connectivity index (χ1) is 7.04. The molecule has 1 aliphatic heterocycles. The average molecular weight is 216 g/mol. The highest BCUT2D eigenvalue weighted by atomic mass is 16.5. The molecular formula is C11H20O4. The van der Waals surface area contributed by atoms with Crippen LogP contribution in [0.1, 0.15) is 39.5 Å². The molecule has 4 nitrogen and oxygen atoms in total. The first kappa shape index (κ1) is 12.5. The van der Waals surface area contributed by atoms with Gasteiger partial charge >= 0.3 is 5.97 Å². The van der Waals surface area contributed by atoms with Crippen LogP contribution in [0.15, 0.2) is 0 Å². The number of esters is 1. The van der Waals surface area contributed by atoms with E-state index in [0.717, 1.165) is 0 Å². The highest BCUT2D eigenvalue weighted by Gasteiger charge is 2.31. The number of cyclic esters (lactones) is 1. The topological polar surface area (TPSA) is 66.8 Å². The summed E-state index contributed by atoms with van der Waals surface area (Å²) in [6, 6.07) is 0. The van der Waals surface area contributed by atoms with Crippen molar-refractivity contribution in [2.24, 2.45) is 5.92 Å². The summed E-state index contributed by atoms with van der Waals surface area (Å²) in [5, 5.41) is 19.0. The fourth-order valence-corrected chi connectivity index (χ4v) is 1.73. The molecule has 1 fully saturated rings. The van der Waals surface area contributed by atoms with Crippen LogP contribution < -0.4 is 0 Å². The summed E-state index contributed by atoms with van der Waals surface area (Å²) in [6.45, 7) is 3.56. The van der Waals surface area contributed by atoms with Crippen LogP contribution in [-0.2, 0) is 9.53 Å². The van der Waals surface area contributed by atoms with Gasteiger partial charge in [-0.1, -0.05) is 6.92 Å². The summed E-state index contributed by atoms with van der Waals surface area (Å²) in [4.78, 5) is 11.4. The predicted molar refractivity (Wildman–Crippen MR) is 55.2 cm³/mol. The van der Waals surface area contributed by atoms with Crippen molar-refractivity contribution in [2.75, 3.05) is 0 Å². The molecule has 1 saturated heterocycles. The van der Waals surface area contributed by atoms with E-state index in [4.69, 9.17) is 4.74 Å². The molecule has 0 spiro atoms. The maximum absolute atomic E-state index is 11.4. The summed E-state index contributed by atoms with van der Waals surface area (Å²) in [5.41, 5.74) is 0. The predicted octanol–water partition coefficient (Wildman–Crippen LogP) is 0.850. The zero-order valence-electron chi connectivity index (χ0n) is 9.35. The largest absolute Gasteiger partial charge is 0.462 e. The third-order valence-corrected chi connectivity index (χ3v) is 3.02. The van der Waals surface area contributed by atoms with Crippen molar-refractivity contribution < 1.29 is 19.7 Å². The molecular weight excluding hydrogens is 196 g/mol. The van der Waals surface area contributed by atoms with Crippen LogP contribution in [-0.4, -0.2) is 34.5 Å². The minimum Gasteiger partial charge on any atom is -0.462 e. The van der Waals surface area contributed by atoms with Gasteiger partial charge in [-0.15, -0.1) is 0 Å². The zero-order valence-corrected chi connectivity index (χ0v) is 9.35. The Kier molecular flexibility index (Phi) is 4.54. The lowest BCUT2D eigenvalue weighted by Crippen LogP contribution is -2.26. The lowest BCUT2D eigenvalue weighted by atomic mass is 9.99. The summed E-state index contributed by atoms with van der Waals surface area (Å²) >= 11 is 0. The molecule has 1 rings (SSSR count). The van der Waals surface area contributed by atoms with E-state index in [-0.39, 0.29) is 12.1 Å². The molecule has 1 heterocycles. The number of rotatable bonds is 3. The molecule has 4 atom stereocenters. The quantitative estimate of drug-likeness (QED) is 0.686. The monoisotopic (exact) mass is 216 g/mol. The molecule has 0 amide bonds. The Bertz CT molecular complexity index is 217. The van der Waals surface area contributed by atoms with Crippen LogP contribution in [0.3, 0.4) is 0 Å². The van der Waals surface area contributed by atoms with Gasteiger partial charge in [-0.3, -0.25) is 4.79 Å². The number of aliphatic hydroxyl groups excluding tert-OH is 2. The van der Waals surface area contributed by atoms with Gasteiger partial charge < -0.3 is 14.9 Å². The van der Waals surface area contributed by atoms with E-state index in [2.05, 4.69) is 0 Å². The van der Waals surface area contributed by atoms with Crippen LogP contribution in [0.25, 0.3) is 0 Å². The number of hydrogen-bond acceptors (Lipinski definition) is 4. The molecule has 15 heavy (non-hydrogen) atoms. The van der Waals surface area contributed by atoms with Crippen LogP contribution in [0.2, 0.25) is 0 Å². The molecule has 0 aliphatic carbocycles. The van der Waals surface area contributed by atoms with Crippen LogP contribution in [0.5, 0.6) is 0 Å². The van der Waals surface area contributed by atoms with E-state index in [1.165, 1.54) is 0 Å². The molecule has 0 saturated carbocycles. The van der Waals surface area contributed by atoms with Crippen molar-refractivity contribution in [3.8, 4) is 0 Å². The van der Waals surface area contributed by atoms with Crippen molar-refractivity contribution in [1.29, 1.82) is 0 Å². The second kappa shape index (κ2) is 5.47. The average Bonchev–Trinajstić information content (AvgIpc) is 2.33. The molecule has 0 aromatic carbocycles. The number of carbonyl (C=O) groups excluding carboxylic acids is 1. The van der Waals surface area contributed by atoms with Crippen molar-refractivity contribution in [1.82, 2.24) is 0 Å². The Morgan fingerprint density at radius 1 is 1.53 bits per heavy atom. The van der Waals surface area contributed by atoms with Gasteiger partial charge in [0.05, 0.1) is 18.1 Å². The molecule has 0 aromatic rings. The first-order valence-corrected chi connectivity index (χ1v) is 5.61. The number of hydrogen-bond donors (Lipinski definition) is 2. The normalized spacial score (nSPS) is 34.4. The molecule has 2 N–H and O–H groups in total. The van der Waals surface area contributed by atoms with E-state index in [1.807, 2.05) is 6.92 Å². The highest BCUT2D eigenvalue weighted by Crippen LogP contribution is 2.22. The van der Waals surface area contributed by atoms with Gasteiger partial charge in [0, 0.05) is 6.42 Å². The molecule has 88 valence electrons. The second-order valence-electron chi connectivity index (χ2n) is 4.29. The van der Waals surface area contributed by atoms with Crippen LogP contribution in [0.4, 0.5) is 0 Å². The summed E-state index contributed by atoms with van der Waals surface area (Å²) in [5.74, 6) is -0.804. The van der Waals surface area contributed by atoms with E-state index in [9.17, 15) is 15.0 Å². The SMILES string of the molecule is CCC(O)CC1CCC(O)C(C)C(=O)O1. The Hall–Kier alpha value is -0.610. The minimum absolute atomic E-state index is 0.243. The Morgan fingerprint density at radius 2 is 2.20 bits per heavy atom. The maximum atomic E-state index is 11.4. The fourth-order valence-electron chi connectivity index (χ4n) is 1.73. The molecule has 4 heteroatoms. The van der Waals surface area contributed by atoms with E-state index in [0.29, 0.717) is 25.7 Å². The first-order valence-electron chi connectivity index (χ1n) is 5.61. The van der Waals surface area contributed by atoms with Gasteiger partial charge in [-0.2, -0.15) is 0 Å². The lowest BCUT2D eigenvalue weighted by Gasteiger charge is -2.18. The number of ether oxygens (including phenoxy) is 1. The van der Waals surface area contributed by atoms with Gasteiger partial charge in [-0.25, -0.2) is 0 Å². The smallest absolute Gasteiger partial charge is 0.311 e. The van der Waals surface area contributed by atoms with Gasteiger partial charge in [-0.05, 0) is 26.2 Å². The molecule has 4 unspecified atom stereocenters. The van der Waals surface area contributed by atoms with Crippen molar-refractivity contribution in [2.45, 2.75) is 57.8 Å². The number of aliphatic hydroxyl groups is 2. The van der Waals surface area contributed by atoms with E-state index in [1.54, 1.807) is 6.92 Å².